The number of alkyl halides is 2. The van der Waals surface area contributed by atoms with Crippen molar-refractivity contribution in [1.82, 2.24) is 15.5 Å². The van der Waals surface area contributed by atoms with E-state index in [2.05, 4.69) is 10.6 Å². The smallest absolute Gasteiger partial charge is 0.408 e. The Bertz CT molecular complexity index is 931. The van der Waals surface area contributed by atoms with Gasteiger partial charge in [-0.25, -0.2) is 4.79 Å². The van der Waals surface area contributed by atoms with E-state index < -0.39 is 63.6 Å². The van der Waals surface area contributed by atoms with Crippen LogP contribution in [-0.4, -0.2) is 69.1 Å². The molecule has 1 heterocycles. The summed E-state index contributed by atoms with van der Waals surface area (Å²) in [6, 6.07) is -3.06. The van der Waals surface area contributed by atoms with Gasteiger partial charge in [-0.15, -0.1) is 23.2 Å². The number of fused-ring (bicyclic) bond motifs is 1. The van der Waals surface area contributed by atoms with Crippen LogP contribution in [-0.2, 0) is 23.9 Å². The average Bonchev–Trinajstić information content (AvgIpc) is 3.14. The Kier molecular flexibility index (Phi) is 9.05. The van der Waals surface area contributed by atoms with E-state index in [-0.39, 0.29) is 24.8 Å². The molecule has 12 heteroatoms. The molecule has 3 fully saturated rings. The molecule has 4 N–H and O–H groups in total. The number of hydrogen-bond donors (Lipinski definition) is 3. The van der Waals surface area contributed by atoms with Gasteiger partial charge in [-0.3, -0.25) is 19.2 Å². The van der Waals surface area contributed by atoms with Gasteiger partial charge >= 0.3 is 6.09 Å². The van der Waals surface area contributed by atoms with Gasteiger partial charge in [0.15, 0.2) is 0 Å². The molecule has 4 amide bonds. The molecule has 1 unspecified atom stereocenters. The number of hydrogen-bond acceptors (Lipinski definition) is 6. The van der Waals surface area contributed by atoms with E-state index in [4.69, 9.17) is 33.7 Å². The summed E-state index contributed by atoms with van der Waals surface area (Å²) >= 11 is 12.9. The first-order valence-electron chi connectivity index (χ1n) is 13.0. The first-order valence-corrected chi connectivity index (χ1v) is 13.8. The molecular weight excluding hydrogens is 523 g/mol. The van der Waals surface area contributed by atoms with Crippen LogP contribution >= 0.6 is 23.2 Å². The van der Waals surface area contributed by atoms with Crippen molar-refractivity contribution in [3.63, 3.8) is 0 Å². The predicted molar refractivity (Wildman–Crippen MR) is 138 cm³/mol. The third kappa shape index (κ3) is 6.69. The maximum atomic E-state index is 13.9. The number of ether oxygens (including phenoxy) is 1. The Hall–Kier alpha value is -2.07. The normalized spacial score (nSPS) is 26.4. The van der Waals surface area contributed by atoms with Crippen molar-refractivity contribution in [3.8, 4) is 0 Å². The number of nitrogens with one attached hydrogen (secondary N) is 2. The number of primary amides is 1. The number of carbonyl (C=O) groups is 5. The quantitative estimate of drug-likeness (QED) is 0.291. The monoisotopic (exact) mass is 560 g/mol. The minimum atomic E-state index is -1.19. The number of nitrogens with zero attached hydrogens (tertiary/aromatic N) is 1. The van der Waals surface area contributed by atoms with E-state index in [0.717, 1.165) is 32.1 Å². The van der Waals surface area contributed by atoms with Gasteiger partial charge in [0.1, 0.15) is 22.0 Å². The summed E-state index contributed by atoms with van der Waals surface area (Å²) in [4.78, 5) is 65.3. The van der Waals surface area contributed by atoms with Crippen molar-refractivity contribution in [2.45, 2.75) is 101 Å². The lowest BCUT2D eigenvalue weighted by Gasteiger charge is -2.36. The Balaban J connectivity index is 1.85. The fraction of sp³-hybridized carbons (Fsp3) is 0.800. The molecule has 208 valence electrons. The second-order valence-electron chi connectivity index (χ2n) is 11.3. The second kappa shape index (κ2) is 11.4. The van der Waals surface area contributed by atoms with Crippen molar-refractivity contribution < 1.29 is 28.7 Å². The highest BCUT2D eigenvalue weighted by Crippen LogP contribution is 2.65. The van der Waals surface area contributed by atoms with Gasteiger partial charge in [-0.2, -0.15) is 0 Å². The van der Waals surface area contributed by atoms with Gasteiger partial charge < -0.3 is 26.0 Å². The van der Waals surface area contributed by atoms with Crippen molar-refractivity contribution in [2.24, 2.45) is 23.5 Å². The number of likely N-dealkylation sites (tertiary alicyclic amines) is 1. The highest BCUT2D eigenvalue weighted by molar-refractivity contribution is 6.51. The van der Waals surface area contributed by atoms with Crippen LogP contribution in [0.15, 0.2) is 0 Å². The molecule has 5 atom stereocenters. The van der Waals surface area contributed by atoms with Crippen LogP contribution < -0.4 is 16.4 Å². The first-order chi connectivity index (χ1) is 17.2. The molecular formula is C25H38Cl2N4O6. The SMILES string of the molecule is CCCC(NC(=O)[C@@H]1[C@@H]2[C@H](CN1C(=O)[C@@H](NC(=O)OC(C)(C)C)C1CCCCC1)C2(Cl)Cl)C(=O)C(N)=O. The summed E-state index contributed by atoms with van der Waals surface area (Å²) in [5.74, 6) is -4.09. The minimum Gasteiger partial charge on any atom is -0.444 e. The predicted octanol–water partition coefficient (Wildman–Crippen LogP) is 2.43. The maximum Gasteiger partial charge on any atom is 0.408 e. The van der Waals surface area contributed by atoms with E-state index >= 15 is 0 Å². The van der Waals surface area contributed by atoms with Gasteiger partial charge in [0.25, 0.3) is 5.91 Å². The highest BCUT2D eigenvalue weighted by atomic mass is 35.5. The number of carbonyl (C=O) groups excluding carboxylic acids is 5. The van der Waals surface area contributed by atoms with Gasteiger partial charge in [0.05, 0.1) is 6.04 Å². The number of amides is 4. The molecule has 0 aromatic carbocycles. The van der Waals surface area contributed by atoms with Gasteiger partial charge in [0, 0.05) is 18.4 Å². The largest absolute Gasteiger partial charge is 0.444 e. The number of halogens is 2. The fourth-order valence-electron chi connectivity index (χ4n) is 5.58. The standard InChI is InChI=1S/C25H38Cl2N4O6/c1-5-9-15(19(32)20(28)33)29-21(34)18-16-14(25(16,26)27)12-31(18)22(35)17(13-10-7-6-8-11-13)30-23(36)37-24(2,3)4/h13-18H,5-12H2,1-4H3,(H2,28,33)(H,29,34)(H,30,36)/t14-,15?,16-,17-,18-/m0/s1. The molecule has 3 aliphatic rings. The van der Waals surface area contributed by atoms with Crippen LogP contribution in [0, 0.1) is 17.8 Å². The number of ketones is 1. The molecule has 1 saturated heterocycles. The maximum absolute atomic E-state index is 13.9. The zero-order valence-corrected chi connectivity index (χ0v) is 23.4. The molecule has 0 spiro atoms. The fourth-order valence-corrected chi connectivity index (χ4v) is 6.41. The number of alkyl carbamates (subject to hydrolysis) is 1. The Morgan fingerprint density at radius 2 is 1.70 bits per heavy atom. The lowest BCUT2D eigenvalue weighted by molar-refractivity contribution is -0.144. The first kappa shape index (κ1) is 29.5. The van der Waals surface area contributed by atoms with Crippen LogP contribution in [0.4, 0.5) is 4.79 Å². The van der Waals surface area contributed by atoms with Crippen LogP contribution in [0.5, 0.6) is 0 Å². The van der Waals surface area contributed by atoms with Gasteiger partial charge in [0.2, 0.25) is 17.6 Å². The summed E-state index contributed by atoms with van der Waals surface area (Å²) in [5, 5.41) is 5.36. The van der Waals surface area contributed by atoms with Crippen molar-refractivity contribution in [1.29, 1.82) is 0 Å². The van der Waals surface area contributed by atoms with E-state index in [1.807, 2.05) is 0 Å². The molecule has 37 heavy (non-hydrogen) atoms. The highest BCUT2D eigenvalue weighted by Gasteiger charge is 2.74. The molecule has 0 radical (unpaired) electrons. The molecule has 2 aliphatic carbocycles. The number of piperidine rings is 1. The zero-order valence-electron chi connectivity index (χ0n) is 21.9. The van der Waals surface area contributed by atoms with E-state index in [1.165, 1.54) is 4.90 Å². The Morgan fingerprint density at radius 1 is 1.08 bits per heavy atom. The van der Waals surface area contributed by atoms with Gasteiger partial charge in [-0.1, -0.05) is 32.6 Å². The number of Topliss-reactive ketones (excluding diaryl/α,β-unsaturated/α-hetero) is 1. The number of rotatable bonds is 9. The summed E-state index contributed by atoms with van der Waals surface area (Å²) in [6.45, 7) is 7.14. The van der Waals surface area contributed by atoms with Crippen LogP contribution in [0.3, 0.4) is 0 Å². The third-order valence-electron chi connectivity index (χ3n) is 7.40. The van der Waals surface area contributed by atoms with Crippen LogP contribution in [0.25, 0.3) is 0 Å². The van der Waals surface area contributed by atoms with Crippen LogP contribution in [0.1, 0.15) is 72.6 Å². The molecule has 2 saturated carbocycles. The Labute approximate surface area is 227 Å². The van der Waals surface area contributed by atoms with Crippen LogP contribution in [0.2, 0.25) is 0 Å². The van der Waals surface area contributed by atoms with Crippen molar-refractivity contribution >= 4 is 52.8 Å². The average molecular weight is 562 g/mol. The van der Waals surface area contributed by atoms with Gasteiger partial charge in [-0.05, 0) is 46.0 Å². The van der Waals surface area contributed by atoms with E-state index in [1.54, 1.807) is 27.7 Å². The zero-order chi connectivity index (χ0) is 27.7. The summed E-state index contributed by atoms with van der Waals surface area (Å²) in [6.07, 6.45) is 4.44. The van der Waals surface area contributed by atoms with E-state index in [9.17, 15) is 24.0 Å². The molecule has 1 aliphatic heterocycles. The molecule has 0 aromatic rings. The summed E-state index contributed by atoms with van der Waals surface area (Å²) < 4.78 is 4.23. The van der Waals surface area contributed by atoms with E-state index in [0.29, 0.717) is 6.42 Å². The van der Waals surface area contributed by atoms with Crippen molar-refractivity contribution in [2.75, 3.05) is 6.54 Å². The topological polar surface area (TPSA) is 148 Å². The minimum absolute atomic E-state index is 0.115. The summed E-state index contributed by atoms with van der Waals surface area (Å²) in [7, 11) is 0. The third-order valence-corrected chi connectivity index (χ3v) is 8.46. The lowest BCUT2D eigenvalue weighted by atomic mass is 9.83. The summed E-state index contributed by atoms with van der Waals surface area (Å²) in [5.41, 5.74) is 4.41. The molecule has 0 bridgehead atoms. The molecule has 10 nitrogen and oxygen atoms in total. The lowest BCUT2D eigenvalue weighted by Crippen LogP contribution is -2.59. The number of nitrogens with two attached hydrogens (primary N) is 1. The molecule has 3 rings (SSSR count). The van der Waals surface area contributed by atoms with Crippen molar-refractivity contribution in [3.05, 3.63) is 0 Å². The molecule has 0 aromatic heterocycles. The second-order valence-corrected chi connectivity index (χ2v) is 12.8. The Morgan fingerprint density at radius 3 is 2.24 bits per heavy atom.